The van der Waals surface area contributed by atoms with E-state index >= 15 is 0 Å². The second-order valence-electron chi connectivity index (χ2n) is 4.66. The van der Waals surface area contributed by atoms with Crippen LogP contribution in [-0.2, 0) is 11.3 Å². The standard InChI is InChI=1S/C13H21N3O2S/c17-13-10-12(15-5-7-18-8-6-15)11-14-16(13)4-2-1-3-9-19/h10-11,19H,1-9H2. The first-order valence-corrected chi connectivity index (χ1v) is 7.45. The van der Waals surface area contributed by atoms with Crippen LogP contribution in [0, 0.1) is 0 Å². The smallest absolute Gasteiger partial charge is 0.268 e. The second kappa shape index (κ2) is 7.55. The van der Waals surface area contributed by atoms with E-state index in [9.17, 15) is 4.79 Å². The van der Waals surface area contributed by atoms with Gasteiger partial charge in [-0.05, 0) is 18.6 Å². The van der Waals surface area contributed by atoms with Crippen LogP contribution in [0.1, 0.15) is 19.3 Å². The van der Waals surface area contributed by atoms with Crippen LogP contribution in [-0.4, -0.2) is 41.8 Å². The lowest BCUT2D eigenvalue weighted by Crippen LogP contribution is -2.37. The van der Waals surface area contributed by atoms with Crippen molar-refractivity contribution in [2.45, 2.75) is 25.8 Å². The molecule has 1 fully saturated rings. The molecule has 1 aliphatic rings. The molecule has 106 valence electrons. The van der Waals surface area contributed by atoms with Gasteiger partial charge >= 0.3 is 0 Å². The first-order chi connectivity index (χ1) is 9.31. The van der Waals surface area contributed by atoms with Crippen LogP contribution in [0.2, 0.25) is 0 Å². The van der Waals surface area contributed by atoms with Gasteiger partial charge in [0.15, 0.2) is 0 Å². The Kier molecular flexibility index (Phi) is 5.72. The Balaban J connectivity index is 1.94. The van der Waals surface area contributed by atoms with Crippen molar-refractivity contribution in [2.75, 3.05) is 37.0 Å². The van der Waals surface area contributed by atoms with Crippen molar-refractivity contribution in [1.29, 1.82) is 0 Å². The van der Waals surface area contributed by atoms with E-state index in [1.54, 1.807) is 16.9 Å². The Bertz CT molecular complexity index is 444. The van der Waals surface area contributed by atoms with Crippen molar-refractivity contribution >= 4 is 18.3 Å². The highest BCUT2D eigenvalue weighted by Crippen LogP contribution is 2.11. The number of ether oxygens (including phenoxy) is 1. The minimum atomic E-state index is -0.0186. The van der Waals surface area contributed by atoms with E-state index < -0.39 is 0 Å². The number of anilines is 1. The molecule has 0 bridgehead atoms. The number of morpholine rings is 1. The van der Waals surface area contributed by atoms with Gasteiger partial charge in [0.1, 0.15) is 0 Å². The lowest BCUT2D eigenvalue weighted by atomic mass is 10.2. The number of hydrogen-bond donors (Lipinski definition) is 1. The van der Waals surface area contributed by atoms with Crippen LogP contribution in [0.5, 0.6) is 0 Å². The monoisotopic (exact) mass is 283 g/mol. The van der Waals surface area contributed by atoms with Crippen LogP contribution in [0.25, 0.3) is 0 Å². The van der Waals surface area contributed by atoms with Crippen molar-refractivity contribution in [3.8, 4) is 0 Å². The van der Waals surface area contributed by atoms with Crippen molar-refractivity contribution < 1.29 is 4.74 Å². The summed E-state index contributed by atoms with van der Waals surface area (Å²) in [4.78, 5) is 14.1. The number of hydrogen-bond acceptors (Lipinski definition) is 5. The van der Waals surface area contributed by atoms with Gasteiger partial charge < -0.3 is 9.64 Å². The molecule has 6 heteroatoms. The maximum atomic E-state index is 12.0. The Hall–Kier alpha value is -1.01. The summed E-state index contributed by atoms with van der Waals surface area (Å²) in [6.45, 7) is 3.77. The maximum Gasteiger partial charge on any atom is 0.268 e. The minimum absolute atomic E-state index is 0.0186. The fraction of sp³-hybridized carbons (Fsp3) is 0.692. The van der Waals surface area contributed by atoms with E-state index in [0.29, 0.717) is 19.8 Å². The van der Waals surface area contributed by atoms with E-state index in [4.69, 9.17) is 4.74 Å². The zero-order valence-corrected chi connectivity index (χ0v) is 12.0. The van der Waals surface area contributed by atoms with Gasteiger partial charge in [0, 0.05) is 25.7 Å². The first-order valence-electron chi connectivity index (χ1n) is 6.82. The van der Waals surface area contributed by atoms with Crippen molar-refractivity contribution in [2.24, 2.45) is 0 Å². The molecule has 1 aromatic heterocycles. The quantitative estimate of drug-likeness (QED) is 0.629. The number of aromatic nitrogens is 2. The lowest BCUT2D eigenvalue weighted by Gasteiger charge is -2.28. The van der Waals surface area contributed by atoms with Crippen LogP contribution >= 0.6 is 12.6 Å². The van der Waals surface area contributed by atoms with E-state index in [-0.39, 0.29) is 5.56 Å². The van der Waals surface area contributed by atoms with E-state index in [0.717, 1.165) is 43.8 Å². The Labute approximate surface area is 119 Å². The topological polar surface area (TPSA) is 47.4 Å². The van der Waals surface area contributed by atoms with Gasteiger partial charge in [-0.2, -0.15) is 17.7 Å². The number of thiol groups is 1. The highest BCUT2D eigenvalue weighted by Gasteiger charge is 2.12. The molecule has 2 heterocycles. The normalized spacial score (nSPS) is 15.7. The Morgan fingerprint density at radius 3 is 2.74 bits per heavy atom. The molecule has 0 unspecified atom stereocenters. The summed E-state index contributed by atoms with van der Waals surface area (Å²) in [5, 5.41) is 4.25. The zero-order valence-electron chi connectivity index (χ0n) is 11.1. The second-order valence-corrected chi connectivity index (χ2v) is 5.11. The number of aryl methyl sites for hydroxylation is 1. The molecule has 19 heavy (non-hydrogen) atoms. The predicted molar refractivity (Wildman–Crippen MR) is 79.2 cm³/mol. The maximum absolute atomic E-state index is 12.0. The molecule has 0 aliphatic carbocycles. The highest BCUT2D eigenvalue weighted by molar-refractivity contribution is 7.80. The van der Waals surface area contributed by atoms with E-state index in [2.05, 4.69) is 22.6 Å². The molecular weight excluding hydrogens is 262 g/mol. The van der Waals surface area contributed by atoms with Crippen molar-refractivity contribution in [1.82, 2.24) is 9.78 Å². The van der Waals surface area contributed by atoms with Gasteiger partial charge in [0.05, 0.1) is 25.1 Å². The van der Waals surface area contributed by atoms with Gasteiger partial charge in [-0.1, -0.05) is 6.42 Å². The van der Waals surface area contributed by atoms with Gasteiger partial charge in [-0.15, -0.1) is 0 Å². The van der Waals surface area contributed by atoms with Gasteiger partial charge in [-0.25, -0.2) is 4.68 Å². The number of nitrogens with zero attached hydrogens (tertiary/aromatic N) is 3. The first kappa shape index (κ1) is 14.4. The molecule has 1 saturated heterocycles. The molecule has 0 aromatic carbocycles. The molecule has 0 amide bonds. The summed E-state index contributed by atoms with van der Waals surface area (Å²) in [7, 11) is 0. The third kappa shape index (κ3) is 4.24. The summed E-state index contributed by atoms with van der Waals surface area (Å²) in [6, 6.07) is 1.68. The summed E-state index contributed by atoms with van der Waals surface area (Å²) < 4.78 is 6.84. The lowest BCUT2D eigenvalue weighted by molar-refractivity contribution is 0.122. The van der Waals surface area contributed by atoms with Gasteiger partial charge in [0.25, 0.3) is 5.56 Å². The molecule has 1 aromatic rings. The van der Waals surface area contributed by atoms with Crippen LogP contribution in [0.4, 0.5) is 5.69 Å². The number of unbranched alkanes of at least 4 members (excludes halogenated alkanes) is 2. The fourth-order valence-electron chi connectivity index (χ4n) is 2.14. The largest absolute Gasteiger partial charge is 0.378 e. The Morgan fingerprint density at radius 2 is 2.05 bits per heavy atom. The van der Waals surface area contributed by atoms with Crippen LogP contribution < -0.4 is 10.5 Å². The summed E-state index contributed by atoms with van der Waals surface area (Å²) >= 11 is 4.17. The minimum Gasteiger partial charge on any atom is -0.378 e. The Morgan fingerprint density at radius 1 is 1.26 bits per heavy atom. The molecule has 0 radical (unpaired) electrons. The molecule has 0 atom stereocenters. The van der Waals surface area contributed by atoms with Crippen molar-refractivity contribution in [3.05, 3.63) is 22.6 Å². The molecule has 0 saturated carbocycles. The predicted octanol–water partition coefficient (Wildman–Crippen LogP) is 1.18. The van der Waals surface area contributed by atoms with Crippen LogP contribution in [0.3, 0.4) is 0 Å². The summed E-state index contributed by atoms with van der Waals surface area (Å²) in [5.41, 5.74) is 0.884. The summed E-state index contributed by atoms with van der Waals surface area (Å²) in [5.74, 6) is 0.901. The van der Waals surface area contributed by atoms with E-state index in [1.807, 2.05) is 0 Å². The molecule has 1 aliphatic heterocycles. The highest BCUT2D eigenvalue weighted by atomic mass is 32.1. The molecule has 0 spiro atoms. The summed E-state index contributed by atoms with van der Waals surface area (Å²) in [6.07, 6.45) is 4.93. The molecule has 0 N–H and O–H groups in total. The van der Waals surface area contributed by atoms with E-state index in [1.165, 1.54) is 0 Å². The fourth-order valence-corrected chi connectivity index (χ4v) is 2.36. The third-order valence-corrected chi connectivity index (χ3v) is 3.58. The molecular formula is C13H21N3O2S. The van der Waals surface area contributed by atoms with Gasteiger partial charge in [0.2, 0.25) is 0 Å². The molecule has 5 nitrogen and oxygen atoms in total. The molecule has 2 rings (SSSR count). The number of rotatable bonds is 6. The average Bonchev–Trinajstić information content (AvgIpc) is 2.46. The average molecular weight is 283 g/mol. The van der Waals surface area contributed by atoms with Crippen molar-refractivity contribution in [3.63, 3.8) is 0 Å². The SMILES string of the molecule is O=c1cc(N2CCOCC2)cnn1CCCCCS. The third-order valence-electron chi connectivity index (χ3n) is 3.26. The van der Waals surface area contributed by atoms with Crippen LogP contribution in [0.15, 0.2) is 17.1 Å². The van der Waals surface area contributed by atoms with Gasteiger partial charge in [-0.3, -0.25) is 4.79 Å². The zero-order chi connectivity index (χ0) is 13.5.